The fourth-order valence-electron chi connectivity index (χ4n) is 1.41. The molecule has 0 bridgehead atoms. The van der Waals surface area contributed by atoms with Crippen LogP contribution in [0.25, 0.3) is 0 Å². The van der Waals surface area contributed by atoms with Crippen molar-refractivity contribution in [2.75, 3.05) is 11.5 Å². The van der Waals surface area contributed by atoms with Crippen LogP contribution in [0.5, 0.6) is 0 Å². The minimum absolute atomic E-state index is 0.184. The molecular weight excluding hydrogens is 208 g/mol. The van der Waals surface area contributed by atoms with Gasteiger partial charge in [-0.3, -0.25) is 4.68 Å². The standard InChI is InChI=1S/C11H20N2OS/c1-3-8-15-9-11(14)5-4-10-6-7-12-13(10)2/h6-7,11,14H,3-5,8-9H2,1-2H3. The van der Waals surface area contributed by atoms with Crippen molar-refractivity contribution >= 4 is 11.8 Å². The van der Waals surface area contributed by atoms with Crippen molar-refractivity contribution in [3.05, 3.63) is 18.0 Å². The number of aliphatic hydroxyl groups is 1. The number of hydrogen-bond acceptors (Lipinski definition) is 3. The molecule has 3 nitrogen and oxygen atoms in total. The van der Waals surface area contributed by atoms with E-state index in [9.17, 15) is 5.11 Å². The predicted octanol–water partition coefficient (Wildman–Crippen LogP) is 1.86. The lowest BCUT2D eigenvalue weighted by molar-refractivity contribution is 0.188. The van der Waals surface area contributed by atoms with E-state index in [0.29, 0.717) is 0 Å². The van der Waals surface area contributed by atoms with Gasteiger partial charge in [0.1, 0.15) is 0 Å². The number of hydrogen-bond donors (Lipinski definition) is 1. The minimum atomic E-state index is -0.184. The maximum absolute atomic E-state index is 9.72. The molecule has 1 aromatic rings. The van der Waals surface area contributed by atoms with Gasteiger partial charge in [0.2, 0.25) is 0 Å². The highest BCUT2D eigenvalue weighted by Gasteiger charge is 2.06. The quantitative estimate of drug-likeness (QED) is 0.724. The molecule has 0 aromatic carbocycles. The van der Waals surface area contributed by atoms with Gasteiger partial charge in [-0.2, -0.15) is 16.9 Å². The van der Waals surface area contributed by atoms with E-state index < -0.39 is 0 Å². The van der Waals surface area contributed by atoms with Crippen molar-refractivity contribution in [1.82, 2.24) is 9.78 Å². The van der Waals surface area contributed by atoms with Crippen LogP contribution >= 0.6 is 11.8 Å². The van der Waals surface area contributed by atoms with Crippen molar-refractivity contribution in [2.24, 2.45) is 7.05 Å². The predicted molar refractivity (Wildman–Crippen MR) is 65.2 cm³/mol. The zero-order valence-electron chi connectivity index (χ0n) is 9.52. The Labute approximate surface area is 95.9 Å². The third-order valence-electron chi connectivity index (χ3n) is 2.31. The Bertz CT molecular complexity index is 275. The summed E-state index contributed by atoms with van der Waals surface area (Å²) in [4.78, 5) is 0. The molecule has 0 saturated heterocycles. The van der Waals surface area contributed by atoms with Gasteiger partial charge in [-0.25, -0.2) is 0 Å². The molecule has 0 aliphatic heterocycles. The highest BCUT2D eigenvalue weighted by Crippen LogP contribution is 2.10. The molecule has 0 aliphatic carbocycles. The number of aryl methyl sites for hydroxylation is 2. The van der Waals surface area contributed by atoms with E-state index in [1.807, 2.05) is 29.6 Å². The molecule has 1 atom stereocenters. The van der Waals surface area contributed by atoms with Crippen LogP contribution in [0.2, 0.25) is 0 Å². The van der Waals surface area contributed by atoms with Crippen molar-refractivity contribution < 1.29 is 5.11 Å². The number of thioether (sulfide) groups is 1. The highest BCUT2D eigenvalue weighted by molar-refractivity contribution is 7.99. The van der Waals surface area contributed by atoms with Crippen LogP contribution in [0.1, 0.15) is 25.5 Å². The summed E-state index contributed by atoms with van der Waals surface area (Å²) in [7, 11) is 1.94. The topological polar surface area (TPSA) is 38.1 Å². The first-order valence-corrected chi connectivity index (χ1v) is 6.62. The molecule has 4 heteroatoms. The van der Waals surface area contributed by atoms with E-state index in [1.165, 1.54) is 12.1 Å². The van der Waals surface area contributed by atoms with E-state index in [1.54, 1.807) is 6.20 Å². The van der Waals surface area contributed by atoms with Gasteiger partial charge in [0.25, 0.3) is 0 Å². The van der Waals surface area contributed by atoms with Crippen LogP contribution in [0.15, 0.2) is 12.3 Å². The molecule has 1 aromatic heterocycles. The summed E-state index contributed by atoms with van der Waals surface area (Å²) in [5.41, 5.74) is 1.19. The highest BCUT2D eigenvalue weighted by atomic mass is 32.2. The van der Waals surface area contributed by atoms with Gasteiger partial charge in [0, 0.05) is 24.7 Å². The fourth-order valence-corrected chi connectivity index (χ4v) is 2.30. The van der Waals surface area contributed by atoms with E-state index in [-0.39, 0.29) is 6.10 Å². The van der Waals surface area contributed by atoms with Gasteiger partial charge in [-0.05, 0) is 31.1 Å². The zero-order chi connectivity index (χ0) is 11.1. The molecule has 0 radical (unpaired) electrons. The van der Waals surface area contributed by atoms with Crippen LogP contribution in [-0.2, 0) is 13.5 Å². The van der Waals surface area contributed by atoms with Crippen molar-refractivity contribution in [1.29, 1.82) is 0 Å². The summed E-state index contributed by atoms with van der Waals surface area (Å²) in [6, 6.07) is 2.01. The third-order valence-corrected chi connectivity index (χ3v) is 3.63. The Morgan fingerprint density at radius 1 is 1.60 bits per heavy atom. The minimum Gasteiger partial charge on any atom is -0.392 e. The summed E-state index contributed by atoms with van der Waals surface area (Å²) in [5.74, 6) is 1.99. The fraction of sp³-hybridized carbons (Fsp3) is 0.727. The first-order chi connectivity index (χ1) is 7.24. The summed E-state index contributed by atoms with van der Waals surface area (Å²) in [6.07, 6.45) is 4.53. The Kier molecular flexibility index (Phi) is 5.79. The summed E-state index contributed by atoms with van der Waals surface area (Å²) < 4.78 is 1.87. The second-order valence-corrected chi connectivity index (χ2v) is 4.86. The third kappa shape index (κ3) is 4.71. The van der Waals surface area contributed by atoms with Gasteiger partial charge < -0.3 is 5.11 Å². The molecule has 1 rings (SSSR count). The molecule has 0 aliphatic rings. The monoisotopic (exact) mass is 228 g/mol. The normalized spacial score (nSPS) is 13.0. The van der Waals surface area contributed by atoms with Crippen LogP contribution < -0.4 is 0 Å². The molecule has 1 N–H and O–H groups in total. The zero-order valence-corrected chi connectivity index (χ0v) is 10.3. The van der Waals surface area contributed by atoms with E-state index in [4.69, 9.17) is 0 Å². The number of aliphatic hydroxyl groups excluding tert-OH is 1. The molecule has 0 fully saturated rings. The molecular formula is C11H20N2OS. The average molecular weight is 228 g/mol. The number of aromatic nitrogens is 2. The maximum Gasteiger partial charge on any atom is 0.0634 e. The smallest absolute Gasteiger partial charge is 0.0634 e. The average Bonchev–Trinajstić information content (AvgIpc) is 2.61. The van der Waals surface area contributed by atoms with Gasteiger partial charge in [0.15, 0.2) is 0 Å². The maximum atomic E-state index is 9.72. The van der Waals surface area contributed by atoms with Crippen molar-refractivity contribution in [3.63, 3.8) is 0 Å². The summed E-state index contributed by atoms with van der Waals surface area (Å²) in [6.45, 7) is 2.16. The molecule has 1 unspecified atom stereocenters. The Morgan fingerprint density at radius 3 is 3.00 bits per heavy atom. The summed E-state index contributed by atoms with van der Waals surface area (Å²) in [5, 5.41) is 13.8. The number of rotatable bonds is 7. The Balaban J connectivity index is 2.16. The second-order valence-electron chi connectivity index (χ2n) is 3.71. The lowest BCUT2D eigenvalue weighted by Gasteiger charge is -2.09. The lowest BCUT2D eigenvalue weighted by atomic mass is 10.2. The number of nitrogens with zero attached hydrogens (tertiary/aromatic N) is 2. The molecule has 0 spiro atoms. The van der Waals surface area contributed by atoms with E-state index >= 15 is 0 Å². The van der Waals surface area contributed by atoms with Gasteiger partial charge in [0.05, 0.1) is 6.10 Å². The van der Waals surface area contributed by atoms with E-state index in [2.05, 4.69) is 12.0 Å². The molecule has 86 valence electrons. The van der Waals surface area contributed by atoms with Crippen LogP contribution in [0.3, 0.4) is 0 Å². The van der Waals surface area contributed by atoms with Crippen LogP contribution in [-0.4, -0.2) is 32.5 Å². The van der Waals surface area contributed by atoms with Crippen molar-refractivity contribution in [2.45, 2.75) is 32.3 Å². The van der Waals surface area contributed by atoms with Gasteiger partial charge >= 0.3 is 0 Å². The van der Waals surface area contributed by atoms with Crippen LogP contribution in [0, 0.1) is 0 Å². The molecule has 0 saturated carbocycles. The summed E-state index contributed by atoms with van der Waals surface area (Å²) >= 11 is 1.83. The second kappa shape index (κ2) is 6.90. The van der Waals surface area contributed by atoms with E-state index in [0.717, 1.165) is 24.3 Å². The first-order valence-electron chi connectivity index (χ1n) is 5.46. The van der Waals surface area contributed by atoms with Crippen molar-refractivity contribution in [3.8, 4) is 0 Å². The largest absolute Gasteiger partial charge is 0.392 e. The van der Waals surface area contributed by atoms with Gasteiger partial charge in [-0.1, -0.05) is 6.92 Å². The first kappa shape index (κ1) is 12.6. The Morgan fingerprint density at radius 2 is 2.40 bits per heavy atom. The van der Waals surface area contributed by atoms with Crippen LogP contribution in [0.4, 0.5) is 0 Å². The van der Waals surface area contributed by atoms with Gasteiger partial charge in [-0.15, -0.1) is 0 Å². The Hall–Kier alpha value is -0.480. The SMILES string of the molecule is CCCSCC(O)CCc1ccnn1C. The molecule has 0 amide bonds. The lowest BCUT2D eigenvalue weighted by Crippen LogP contribution is -2.12. The molecule has 1 heterocycles. The molecule has 15 heavy (non-hydrogen) atoms.